The number of anilines is 4. The molecule has 6 saturated heterocycles. The molecule has 0 saturated carbocycles. The number of nitrogens with zero attached hydrogens (tertiary/aromatic N) is 4. The highest BCUT2D eigenvalue weighted by Gasteiger charge is 2.36. The fourth-order valence-electron chi connectivity index (χ4n) is 9.48. The molecule has 0 aliphatic carbocycles. The molecule has 0 radical (unpaired) electrons. The second kappa shape index (κ2) is 18.8. The van der Waals surface area contributed by atoms with Crippen molar-refractivity contribution in [2.75, 3.05) is 49.4 Å². The molecule has 0 aromatic heterocycles. The van der Waals surface area contributed by atoms with E-state index in [1.807, 2.05) is 133 Å². The molecule has 10 nitrogen and oxygen atoms in total. The maximum absolute atomic E-state index is 13.4. The number of piperidine rings is 6. The Kier molecular flexibility index (Phi) is 12.1. The lowest BCUT2D eigenvalue weighted by Crippen LogP contribution is -2.52. The second-order valence-corrected chi connectivity index (χ2v) is 17.1. The summed E-state index contributed by atoms with van der Waals surface area (Å²) in [6.45, 7) is 6.75. The van der Waals surface area contributed by atoms with Crippen LogP contribution in [-0.4, -0.2) is 73.2 Å². The number of ether oxygens (including phenoxy) is 2. The molecule has 6 aliphatic heterocycles. The number of rotatable bonds is 14. The lowest BCUT2D eigenvalue weighted by molar-refractivity contribution is -0.140. The van der Waals surface area contributed by atoms with Gasteiger partial charge in [0.15, 0.2) is 0 Å². The minimum atomic E-state index is -0.751. The van der Waals surface area contributed by atoms with Crippen molar-refractivity contribution in [2.24, 2.45) is 11.8 Å². The van der Waals surface area contributed by atoms with Crippen LogP contribution in [0.4, 0.5) is 22.7 Å². The van der Waals surface area contributed by atoms with Crippen molar-refractivity contribution in [2.45, 2.75) is 37.9 Å². The van der Waals surface area contributed by atoms with E-state index in [2.05, 4.69) is 34.1 Å². The summed E-state index contributed by atoms with van der Waals surface area (Å²) >= 11 is 0. The van der Waals surface area contributed by atoms with Gasteiger partial charge in [-0.3, -0.25) is 9.80 Å². The van der Waals surface area contributed by atoms with Gasteiger partial charge in [0.25, 0.3) is 0 Å². The van der Waals surface area contributed by atoms with Gasteiger partial charge in [0.2, 0.25) is 0 Å². The Morgan fingerprint density at radius 2 is 0.734 bits per heavy atom. The fourth-order valence-corrected chi connectivity index (χ4v) is 9.48. The fraction of sp³-hybridized carbons (Fsp3) is 0.259. The van der Waals surface area contributed by atoms with Crippen molar-refractivity contribution >= 4 is 34.7 Å². The van der Waals surface area contributed by atoms with Crippen LogP contribution in [-0.2, 0) is 19.3 Å². The predicted octanol–water partition coefficient (Wildman–Crippen LogP) is 10.4. The summed E-state index contributed by atoms with van der Waals surface area (Å²) in [5, 5.41) is 2.90. The van der Waals surface area contributed by atoms with Crippen molar-refractivity contribution in [1.29, 1.82) is 0 Å². The number of benzene rings is 6. The van der Waals surface area contributed by atoms with E-state index in [0.29, 0.717) is 34.6 Å². The van der Waals surface area contributed by atoms with E-state index in [4.69, 9.17) is 19.1 Å². The molecule has 324 valence electrons. The molecule has 10 heteroatoms. The summed E-state index contributed by atoms with van der Waals surface area (Å²) in [5.41, 5.74) is 6.67. The molecule has 6 aliphatic rings. The monoisotopic (exact) mass is 852 g/mol. The van der Waals surface area contributed by atoms with Gasteiger partial charge in [-0.05, 0) is 159 Å². The maximum atomic E-state index is 13.4. The molecule has 4 bridgehead atoms. The van der Waals surface area contributed by atoms with Gasteiger partial charge in [0.05, 0.1) is 22.7 Å². The average molecular weight is 853 g/mol. The van der Waals surface area contributed by atoms with Gasteiger partial charge in [0.1, 0.15) is 23.7 Å². The zero-order valence-electron chi connectivity index (χ0n) is 35.8. The Morgan fingerprint density at radius 3 is 1.05 bits per heavy atom. The third-order valence-electron chi connectivity index (χ3n) is 13.0. The second-order valence-electron chi connectivity index (χ2n) is 17.1. The SMILES string of the molecule is O=C(/C=C/C(=O)ON(c1ccccc1)c1ccc(-c2ccc(OC3CN4CCC3CC4)cc2)cc1)ON(c1ccccc1)c1ccc(-c2ccc(OC3CN4CCC3CC4)cc2)cc1. The first-order chi connectivity index (χ1) is 31.5. The van der Waals surface area contributed by atoms with Gasteiger partial charge in [-0.1, -0.05) is 84.9 Å². The number of carbonyl (C=O) groups is 2. The maximum Gasteiger partial charge on any atom is 0.356 e. The first kappa shape index (κ1) is 41.1. The number of hydrogen-bond donors (Lipinski definition) is 0. The van der Waals surface area contributed by atoms with Crippen molar-refractivity contribution in [3.05, 3.63) is 170 Å². The molecule has 6 heterocycles. The number of hydrogen-bond acceptors (Lipinski definition) is 10. The molecular weight excluding hydrogens is 801 g/mol. The molecule has 0 spiro atoms. The third-order valence-corrected chi connectivity index (χ3v) is 13.0. The van der Waals surface area contributed by atoms with E-state index < -0.39 is 11.9 Å². The molecule has 6 aromatic rings. The van der Waals surface area contributed by atoms with Crippen molar-refractivity contribution < 1.29 is 28.7 Å². The Hall–Kier alpha value is -6.88. The van der Waals surface area contributed by atoms with Crippen LogP contribution in [0.25, 0.3) is 22.3 Å². The molecular formula is C54H52N4O6. The first-order valence-electron chi connectivity index (χ1n) is 22.5. The topological polar surface area (TPSA) is 84.0 Å². The summed E-state index contributed by atoms with van der Waals surface area (Å²) in [5.74, 6) is 1.56. The van der Waals surface area contributed by atoms with Crippen LogP contribution in [0.5, 0.6) is 11.5 Å². The van der Waals surface area contributed by atoms with Gasteiger partial charge >= 0.3 is 11.9 Å². The van der Waals surface area contributed by atoms with E-state index in [1.54, 1.807) is 0 Å². The number of fused-ring (bicyclic) bond motifs is 6. The summed E-state index contributed by atoms with van der Waals surface area (Å²) in [4.78, 5) is 43.5. The van der Waals surface area contributed by atoms with Gasteiger partial charge < -0.3 is 19.1 Å². The summed E-state index contributed by atoms with van der Waals surface area (Å²) in [6.07, 6.45) is 7.50. The highest BCUT2D eigenvalue weighted by molar-refractivity contribution is 5.93. The largest absolute Gasteiger partial charge is 0.489 e. The lowest BCUT2D eigenvalue weighted by atomic mass is 9.86. The Morgan fingerprint density at radius 1 is 0.422 bits per heavy atom. The van der Waals surface area contributed by atoms with Gasteiger partial charge in [-0.2, -0.15) is 10.1 Å². The van der Waals surface area contributed by atoms with Crippen LogP contribution in [0.2, 0.25) is 0 Å². The Balaban J connectivity index is 0.782. The minimum Gasteiger partial charge on any atom is -0.489 e. The van der Waals surface area contributed by atoms with Crippen molar-refractivity contribution in [3.8, 4) is 33.8 Å². The summed E-state index contributed by atoms with van der Waals surface area (Å²) in [6, 6.07) is 50.7. The van der Waals surface area contributed by atoms with E-state index in [0.717, 1.165) is 59.0 Å². The quantitative estimate of drug-likeness (QED) is 0.0780. The Bertz CT molecular complexity index is 2340. The van der Waals surface area contributed by atoms with Gasteiger partial charge in [-0.25, -0.2) is 9.59 Å². The molecule has 0 N–H and O–H groups in total. The lowest BCUT2D eigenvalue weighted by Gasteiger charge is -2.44. The molecule has 6 aromatic carbocycles. The van der Waals surface area contributed by atoms with E-state index in [-0.39, 0.29) is 12.2 Å². The average Bonchev–Trinajstić information content (AvgIpc) is 3.36. The molecule has 0 amide bonds. The van der Waals surface area contributed by atoms with Crippen molar-refractivity contribution in [3.63, 3.8) is 0 Å². The minimum absolute atomic E-state index is 0.253. The van der Waals surface area contributed by atoms with Crippen molar-refractivity contribution in [1.82, 2.24) is 9.80 Å². The molecule has 12 rings (SSSR count). The zero-order valence-corrected chi connectivity index (χ0v) is 35.8. The number of para-hydroxylation sites is 2. The third kappa shape index (κ3) is 9.54. The highest BCUT2D eigenvalue weighted by atomic mass is 16.7. The van der Waals surface area contributed by atoms with Gasteiger partial charge in [-0.15, -0.1) is 0 Å². The van der Waals surface area contributed by atoms with Gasteiger partial charge in [0, 0.05) is 25.2 Å². The first-order valence-corrected chi connectivity index (χ1v) is 22.5. The van der Waals surface area contributed by atoms with Crippen LogP contribution in [0.1, 0.15) is 25.7 Å². The smallest absolute Gasteiger partial charge is 0.356 e. The number of carbonyl (C=O) groups excluding carboxylic acids is 2. The Labute approximate surface area is 374 Å². The van der Waals surface area contributed by atoms with Crippen LogP contribution in [0, 0.1) is 11.8 Å². The molecule has 6 fully saturated rings. The van der Waals surface area contributed by atoms with Crippen LogP contribution < -0.4 is 19.6 Å². The van der Waals surface area contributed by atoms with Crippen LogP contribution in [0.15, 0.2) is 170 Å². The molecule has 2 unspecified atom stereocenters. The van der Waals surface area contributed by atoms with Crippen LogP contribution in [0.3, 0.4) is 0 Å². The van der Waals surface area contributed by atoms with Crippen LogP contribution >= 0.6 is 0 Å². The molecule has 64 heavy (non-hydrogen) atoms. The predicted molar refractivity (Wildman–Crippen MR) is 249 cm³/mol. The summed E-state index contributed by atoms with van der Waals surface area (Å²) < 4.78 is 12.8. The molecule has 2 atom stereocenters. The van der Waals surface area contributed by atoms with E-state index in [1.165, 1.54) is 62.0 Å². The van der Waals surface area contributed by atoms with E-state index >= 15 is 0 Å². The highest BCUT2D eigenvalue weighted by Crippen LogP contribution is 2.35. The standard InChI is InChI=1S/C54H52N4O6/c59-53(63-57(45-7-3-1-4-8-45)47-19-11-39(12-20-47)41-15-23-49(24-16-41)61-51-37-55-33-29-43(51)30-34-55)27-28-54(60)64-58(46-9-5-2-6-10-46)48-21-13-40(14-22-48)42-17-25-50(26-18-42)62-52-38-56-35-31-44(52)32-36-56/h1-28,43-44,51-52H,29-38H2/b28-27+. The summed E-state index contributed by atoms with van der Waals surface area (Å²) in [7, 11) is 0. The zero-order chi connectivity index (χ0) is 43.2. The van der Waals surface area contributed by atoms with E-state index in [9.17, 15) is 9.59 Å². The normalized spacial score (nSPS) is 22.1.